The molecule has 0 bridgehead atoms. The van der Waals surface area contributed by atoms with E-state index >= 15 is 0 Å². The van der Waals surface area contributed by atoms with E-state index in [4.69, 9.17) is 9.47 Å². The molecule has 0 atom stereocenters. The highest BCUT2D eigenvalue weighted by Crippen LogP contribution is 2.35. The molecule has 0 amide bonds. The van der Waals surface area contributed by atoms with Crippen molar-refractivity contribution in [3.8, 4) is 22.6 Å². The summed E-state index contributed by atoms with van der Waals surface area (Å²) in [6.45, 7) is 1.94. The SMILES string of the molecule is CCCC(=O)Oc1ccc(-c2ccc3ncnc(Nc4ccccc4)c3c2)cc1OC. The Balaban J connectivity index is 1.69. The van der Waals surface area contributed by atoms with Gasteiger partial charge in [-0.3, -0.25) is 4.79 Å². The van der Waals surface area contributed by atoms with Crippen molar-refractivity contribution in [1.29, 1.82) is 0 Å². The Bertz CT molecular complexity index is 1210. The van der Waals surface area contributed by atoms with Crippen molar-refractivity contribution < 1.29 is 14.3 Å². The number of carbonyl (C=O) groups excluding carboxylic acids is 1. The third-order valence-corrected chi connectivity index (χ3v) is 4.85. The topological polar surface area (TPSA) is 73.3 Å². The molecule has 0 saturated heterocycles. The minimum atomic E-state index is -0.270. The number of benzene rings is 3. The summed E-state index contributed by atoms with van der Waals surface area (Å²) >= 11 is 0. The van der Waals surface area contributed by atoms with Gasteiger partial charge in [0.1, 0.15) is 12.1 Å². The highest BCUT2D eigenvalue weighted by Gasteiger charge is 2.12. The lowest BCUT2D eigenvalue weighted by Gasteiger charge is -2.12. The maximum absolute atomic E-state index is 11.9. The predicted molar refractivity (Wildman–Crippen MR) is 122 cm³/mol. The molecule has 0 saturated carbocycles. The molecule has 0 aliphatic rings. The lowest BCUT2D eigenvalue weighted by atomic mass is 10.0. The van der Waals surface area contributed by atoms with Crippen LogP contribution in [0.5, 0.6) is 11.5 Å². The number of rotatable bonds is 7. The number of hydrogen-bond acceptors (Lipinski definition) is 6. The first kappa shape index (κ1) is 20.3. The Morgan fingerprint density at radius 1 is 0.935 bits per heavy atom. The van der Waals surface area contributed by atoms with E-state index in [9.17, 15) is 4.79 Å². The van der Waals surface area contributed by atoms with Crippen LogP contribution in [-0.4, -0.2) is 23.0 Å². The summed E-state index contributed by atoms with van der Waals surface area (Å²) in [7, 11) is 1.56. The van der Waals surface area contributed by atoms with Crippen LogP contribution in [0, 0.1) is 0 Å². The molecule has 0 aliphatic heterocycles. The number of nitrogens with zero attached hydrogens (tertiary/aromatic N) is 2. The van der Waals surface area contributed by atoms with Crippen molar-refractivity contribution in [3.63, 3.8) is 0 Å². The van der Waals surface area contributed by atoms with Gasteiger partial charge in [-0.15, -0.1) is 0 Å². The van der Waals surface area contributed by atoms with Crippen LogP contribution in [-0.2, 0) is 4.79 Å². The van der Waals surface area contributed by atoms with Gasteiger partial charge in [0, 0.05) is 17.5 Å². The molecule has 156 valence electrons. The van der Waals surface area contributed by atoms with Crippen LogP contribution in [0.3, 0.4) is 0 Å². The number of ether oxygens (including phenoxy) is 2. The van der Waals surface area contributed by atoms with Gasteiger partial charge in [-0.1, -0.05) is 37.3 Å². The number of aromatic nitrogens is 2. The zero-order chi connectivity index (χ0) is 21.6. The molecule has 4 aromatic rings. The number of esters is 1. The van der Waals surface area contributed by atoms with Gasteiger partial charge >= 0.3 is 5.97 Å². The van der Waals surface area contributed by atoms with E-state index in [0.717, 1.165) is 40.0 Å². The zero-order valence-electron chi connectivity index (χ0n) is 17.5. The van der Waals surface area contributed by atoms with Crippen molar-refractivity contribution in [3.05, 3.63) is 73.1 Å². The van der Waals surface area contributed by atoms with Gasteiger partial charge in [-0.05, 0) is 53.9 Å². The minimum absolute atomic E-state index is 0.270. The normalized spacial score (nSPS) is 10.6. The average molecular weight is 413 g/mol. The van der Waals surface area contributed by atoms with Crippen molar-refractivity contribution in [2.24, 2.45) is 0 Å². The number of carbonyl (C=O) groups is 1. The van der Waals surface area contributed by atoms with Gasteiger partial charge in [-0.25, -0.2) is 9.97 Å². The minimum Gasteiger partial charge on any atom is -0.493 e. The van der Waals surface area contributed by atoms with E-state index in [-0.39, 0.29) is 5.97 Å². The van der Waals surface area contributed by atoms with E-state index in [2.05, 4.69) is 15.3 Å². The highest BCUT2D eigenvalue weighted by atomic mass is 16.6. The van der Waals surface area contributed by atoms with Crippen molar-refractivity contribution >= 4 is 28.4 Å². The summed E-state index contributed by atoms with van der Waals surface area (Å²) in [4.78, 5) is 20.7. The number of para-hydroxylation sites is 1. The van der Waals surface area contributed by atoms with Crippen LogP contribution >= 0.6 is 0 Å². The molecule has 0 radical (unpaired) electrons. The molecule has 1 aromatic heterocycles. The molecular formula is C25H23N3O3. The molecule has 0 aliphatic carbocycles. The molecule has 31 heavy (non-hydrogen) atoms. The van der Waals surface area contributed by atoms with Gasteiger partial charge < -0.3 is 14.8 Å². The van der Waals surface area contributed by atoms with Crippen molar-refractivity contribution in [1.82, 2.24) is 9.97 Å². The van der Waals surface area contributed by atoms with Crippen LogP contribution in [0.4, 0.5) is 11.5 Å². The summed E-state index contributed by atoms with van der Waals surface area (Å²) in [5.74, 6) is 1.39. The Morgan fingerprint density at radius 2 is 1.71 bits per heavy atom. The van der Waals surface area contributed by atoms with Gasteiger partial charge in [0.25, 0.3) is 0 Å². The summed E-state index contributed by atoms with van der Waals surface area (Å²) in [6, 6.07) is 21.4. The fraction of sp³-hybridized carbons (Fsp3) is 0.160. The lowest BCUT2D eigenvalue weighted by Crippen LogP contribution is -2.07. The molecule has 4 rings (SSSR count). The first-order chi connectivity index (χ1) is 15.2. The quantitative estimate of drug-likeness (QED) is 0.307. The number of fused-ring (bicyclic) bond motifs is 1. The molecule has 1 heterocycles. The molecule has 0 fully saturated rings. The Morgan fingerprint density at radius 3 is 2.48 bits per heavy atom. The average Bonchev–Trinajstić information content (AvgIpc) is 2.80. The van der Waals surface area contributed by atoms with Gasteiger partial charge in [0.05, 0.1) is 12.6 Å². The van der Waals surface area contributed by atoms with E-state index in [1.165, 1.54) is 0 Å². The van der Waals surface area contributed by atoms with Crippen LogP contribution in [0.1, 0.15) is 19.8 Å². The standard InChI is InChI=1S/C25H23N3O3/c1-3-7-24(29)31-22-13-11-18(15-23(22)30-2)17-10-12-21-20(14-17)25(27-16-26-21)28-19-8-5-4-6-9-19/h4-6,8-16H,3,7H2,1-2H3,(H,26,27,28). The molecular weight excluding hydrogens is 390 g/mol. The highest BCUT2D eigenvalue weighted by molar-refractivity contribution is 5.94. The van der Waals surface area contributed by atoms with Crippen LogP contribution in [0.2, 0.25) is 0 Å². The Labute approximate surface area is 180 Å². The second-order valence-corrected chi connectivity index (χ2v) is 7.03. The van der Waals surface area contributed by atoms with Crippen LogP contribution in [0.25, 0.3) is 22.0 Å². The third-order valence-electron chi connectivity index (χ3n) is 4.85. The zero-order valence-corrected chi connectivity index (χ0v) is 17.5. The fourth-order valence-corrected chi connectivity index (χ4v) is 3.30. The van der Waals surface area contributed by atoms with Crippen molar-refractivity contribution in [2.45, 2.75) is 19.8 Å². The second kappa shape index (κ2) is 9.26. The van der Waals surface area contributed by atoms with Gasteiger partial charge in [-0.2, -0.15) is 0 Å². The summed E-state index contributed by atoms with van der Waals surface area (Å²) in [5, 5.41) is 4.26. The molecule has 0 spiro atoms. The largest absolute Gasteiger partial charge is 0.493 e. The first-order valence-corrected chi connectivity index (χ1v) is 10.1. The van der Waals surface area contributed by atoms with Gasteiger partial charge in [0.15, 0.2) is 11.5 Å². The molecule has 3 aromatic carbocycles. The van der Waals surface area contributed by atoms with Gasteiger partial charge in [0.2, 0.25) is 0 Å². The smallest absolute Gasteiger partial charge is 0.311 e. The number of methoxy groups -OCH3 is 1. The Kier molecular flexibility index (Phi) is 6.08. The van der Waals surface area contributed by atoms with Crippen molar-refractivity contribution in [2.75, 3.05) is 12.4 Å². The molecule has 0 unspecified atom stereocenters. The predicted octanol–water partition coefficient (Wildman–Crippen LogP) is 5.75. The maximum Gasteiger partial charge on any atom is 0.311 e. The van der Waals surface area contributed by atoms with Crippen LogP contribution in [0.15, 0.2) is 73.1 Å². The second-order valence-electron chi connectivity index (χ2n) is 7.03. The summed E-state index contributed by atoms with van der Waals surface area (Å²) in [6.07, 6.45) is 2.65. The summed E-state index contributed by atoms with van der Waals surface area (Å²) in [5.41, 5.74) is 3.70. The maximum atomic E-state index is 11.9. The van der Waals surface area contributed by atoms with E-state index < -0.39 is 0 Å². The first-order valence-electron chi connectivity index (χ1n) is 10.1. The Hall–Kier alpha value is -3.93. The lowest BCUT2D eigenvalue weighted by molar-refractivity contribution is -0.134. The third kappa shape index (κ3) is 4.64. The molecule has 1 N–H and O–H groups in total. The van der Waals surface area contributed by atoms with E-state index in [0.29, 0.717) is 17.9 Å². The number of hydrogen-bond donors (Lipinski definition) is 1. The number of anilines is 2. The molecule has 6 heteroatoms. The fourth-order valence-electron chi connectivity index (χ4n) is 3.30. The van der Waals surface area contributed by atoms with E-state index in [1.807, 2.05) is 67.6 Å². The van der Waals surface area contributed by atoms with E-state index in [1.54, 1.807) is 19.5 Å². The molecule has 6 nitrogen and oxygen atoms in total. The van der Waals surface area contributed by atoms with Crippen LogP contribution < -0.4 is 14.8 Å². The summed E-state index contributed by atoms with van der Waals surface area (Å²) < 4.78 is 10.9. The number of nitrogens with one attached hydrogen (secondary N) is 1. The monoisotopic (exact) mass is 413 g/mol.